The topological polar surface area (TPSA) is 42.9 Å². The number of hydrogen-bond donors (Lipinski definition) is 0. The monoisotopic (exact) mass is 312 g/mol. The van der Waals surface area contributed by atoms with E-state index in [9.17, 15) is 9.18 Å². The van der Waals surface area contributed by atoms with Gasteiger partial charge in [-0.15, -0.1) is 5.10 Å². The molecular weight excluding hydrogens is 299 g/mol. The molecule has 0 aliphatic carbocycles. The van der Waals surface area contributed by atoms with Crippen molar-refractivity contribution in [2.75, 3.05) is 0 Å². The summed E-state index contributed by atoms with van der Waals surface area (Å²) in [4.78, 5) is 12.8. The van der Waals surface area contributed by atoms with E-state index in [0.29, 0.717) is 15.6 Å². The molecule has 0 aliphatic heterocycles. The van der Waals surface area contributed by atoms with Crippen molar-refractivity contribution in [2.45, 2.75) is 32.6 Å². The maximum Gasteiger partial charge on any atom is 0.180 e. The van der Waals surface area contributed by atoms with Crippen molar-refractivity contribution >= 4 is 28.9 Å². The third-order valence-electron chi connectivity index (χ3n) is 2.81. The van der Waals surface area contributed by atoms with Gasteiger partial charge in [-0.05, 0) is 35.3 Å². The van der Waals surface area contributed by atoms with E-state index in [4.69, 9.17) is 11.6 Å². The van der Waals surface area contributed by atoms with Crippen LogP contribution >= 0.6 is 23.1 Å². The minimum Gasteiger partial charge on any atom is -0.293 e. The minimum absolute atomic E-state index is 0.0423. The predicted molar refractivity (Wildman–Crippen MR) is 78.1 cm³/mol. The molecule has 1 aromatic carbocycles. The number of rotatable bonds is 3. The van der Waals surface area contributed by atoms with Gasteiger partial charge in [-0.1, -0.05) is 36.9 Å². The van der Waals surface area contributed by atoms with Gasteiger partial charge in [0.15, 0.2) is 5.78 Å². The Morgan fingerprint density at radius 2 is 2.10 bits per heavy atom. The van der Waals surface area contributed by atoms with E-state index in [0.717, 1.165) is 11.5 Å². The maximum atomic E-state index is 13.7. The number of hydrogen-bond acceptors (Lipinski definition) is 4. The SMILES string of the molecule is CC(C)(C)c1nnsc1C(=O)Cc1cc(Cl)ccc1F. The molecule has 0 atom stereocenters. The van der Waals surface area contributed by atoms with Crippen LogP contribution in [0, 0.1) is 5.82 Å². The Morgan fingerprint density at radius 3 is 2.75 bits per heavy atom. The lowest BCUT2D eigenvalue weighted by atomic mass is 9.90. The molecule has 6 heteroatoms. The van der Waals surface area contributed by atoms with Gasteiger partial charge < -0.3 is 0 Å². The van der Waals surface area contributed by atoms with Crippen LogP contribution in [0.3, 0.4) is 0 Å². The molecule has 0 radical (unpaired) electrons. The first-order valence-corrected chi connectivity index (χ1v) is 7.24. The van der Waals surface area contributed by atoms with Gasteiger partial charge in [-0.25, -0.2) is 4.39 Å². The van der Waals surface area contributed by atoms with E-state index in [1.54, 1.807) is 0 Å². The van der Waals surface area contributed by atoms with E-state index < -0.39 is 5.82 Å². The first kappa shape index (κ1) is 15.1. The summed E-state index contributed by atoms with van der Waals surface area (Å²) in [6.45, 7) is 5.88. The number of benzene rings is 1. The molecule has 0 saturated heterocycles. The molecule has 0 bridgehead atoms. The summed E-state index contributed by atoms with van der Waals surface area (Å²) < 4.78 is 17.5. The van der Waals surface area contributed by atoms with Crippen molar-refractivity contribution in [2.24, 2.45) is 0 Å². The highest BCUT2D eigenvalue weighted by atomic mass is 35.5. The molecule has 0 spiro atoms. The van der Waals surface area contributed by atoms with Crippen LogP contribution in [0.15, 0.2) is 18.2 Å². The molecule has 1 aromatic heterocycles. The predicted octanol–water partition coefficient (Wildman–Crippen LogP) is 4.05. The number of Topliss-reactive ketones (excluding diaryl/α,β-unsaturated/α-hetero) is 1. The van der Waals surface area contributed by atoms with Crippen molar-refractivity contribution in [3.05, 3.63) is 45.2 Å². The van der Waals surface area contributed by atoms with Crippen LogP contribution in [0.4, 0.5) is 4.39 Å². The second-order valence-electron chi connectivity index (χ2n) is 5.54. The Morgan fingerprint density at radius 1 is 1.40 bits per heavy atom. The van der Waals surface area contributed by atoms with Crippen molar-refractivity contribution in [3.8, 4) is 0 Å². The summed E-state index contributed by atoms with van der Waals surface area (Å²) >= 11 is 6.88. The molecule has 0 amide bonds. The third kappa shape index (κ3) is 3.22. The zero-order valence-corrected chi connectivity index (χ0v) is 13.0. The van der Waals surface area contributed by atoms with Crippen LogP contribution in [-0.4, -0.2) is 15.4 Å². The number of aromatic nitrogens is 2. The smallest absolute Gasteiger partial charge is 0.180 e. The number of ketones is 1. The van der Waals surface area contributed by atoms with E-state index in [2.05, 4.69) is 9.59 Å². The summed E-state index contributed by atoms with van der Waals surface area (Å²) in [5, 5.41) is 4.43. The van der Waals surface area contributed by atoms with Crippen LogP contribution in [0.2, 0.25) is 5.02 Å². The van der Waals surface area contributed by atoms with Crippen molar-refractivity contribution in [1.29, 1.82) is 0 Å². The van der Waals surface area contributed by atoms with Gasteiger partial charge in [0.2, 0.25) is 0 Å². The fourth-order valence-electron chi connectivity index (χ4n) is 1.80. The lowest BCUT2D eigenvalue weighted by molar-refractivity contribution is 0.0993. The highest BCUT2D eigenvalue weighted by Gasteiger charge is 2.26. The standard InChI is InChI=1S/C14H14ClFN2OS/c1-14(2,3)13-12(20-18-17-13)11(19)7-8-6-9(15)4-5-10(8)16/h4-6H,7H2,1-3H3. The van der Waals surface area contributed by atoms with Gasteiger partial charge in [-0.2, -0.15) is 0 Å². The Bertz CT molecular complexity index is 649. The molecule has 0 unspecified atom stereocenters. The molecule has 0 saturated carbocycles. The van der Waals surface area contributed by atoms with Gasteiger partial charge in [0.25, 0.3) is 0 Å². The number of nitrogens with zero attached hydrogens (tertiary/aromatic N) is 2. The number of halogens is 2. The first-order valence-electron chi connectivity index (χ1n) is 6.09. The van der Waals surface area contributed by atoms with Gasteiger partial charge in [0.05, 0.1) is 5.69 Å². The summed E-state index contributed by atoms with van der Waals surface area (Å²) in [7, 11) is 0. The zero-order valence-electron chi connectivity index (χ0n) is 11.4. The lowest BCUT2D eigenvalue weighted by Crippen LogP contribution is -2.17. The molecule has 0 aliphatic rings. The highest BCUT2D eigenvalue weighted by molar-refractivity contribution is 7.08. The maximum absolute atomic E-state index is 13.7. The van der Waals surface area contributed by atoms with Crippen LogP contribution in [0.25, 0.3) is 0 Å². The number of carbonyl (C=O) groups is 1. The van der Waals surface area contributed by atoms with Gasteiger partial charge in [0.1, 0.15) is 10.7 Å². The van der Waals surface area contributed by atoms with Crippen LogP contribution in [0.1, 0.15) is 41.7 Å². The Kier molecular flexibility index (Phi) is 4.20. The fraction of sp³-hybridized carbons (Fsp3) is 0.357. The fourth-order valence-corrected chi connectivity index (χ4v) is 2.80. The second kappa shape index (κ2) is 5.58. The Labute approximate surface area is 125 Å². The molecule has 2 rings (SSSR count). The molecular formula is C14H14ClFN2OS. The molecule has 0 fully saturated rings. The Balaban J connectivity index is 2.30. The minimum atomic E-state index is -0.433. The van der Waals surface area contributed by atoms with Crippen molar-refractivity contribution < 1.29 is 9.18 Å². The van der Waals surface area contributed by atoms with E-state index in [-0.39, 0.29) is 23.2 Å². The normalized spacial score (nSPS) is 11.7. The molecule has 2 aromatic rings. The van der Waals surface area contributed by atoms with E-state index >= 15 is 0 Å². The summed E-state index contributed by atoms with van der Waals surface area (Å²) in [6.07, 6.45) is -0.0423. The van der Waals surface area contributed by atoms with Crippen LogP contribution in [-0.2, 0) is 11.8 Å². The molecule has 3 nitrogen and oxygen atoms in total. The van der Waals surface area contributed by atoms with Gasteiger partial charge >= 0.3 is 0 Å². The van der Waals surface area contributed by atoms with E-state index in [1.807, 2.05) is 20.8 Å². The summed E-state index contributed by atoms with van der Waals surface area (Å²) in [6, 6.07) is 4.19. The van der Waals surface area contributed by atoms with Crippen molar-refractivity contribution in [3.63, 3.8) is 0 Å². The molecule has 0 N–H and O–H groups in total. The van der Waals surface area contributed by atoms with Gasteiger partial charge in [0, 0.05) is 16.9 Å². The quantitative estimate of drug-likeness (QED) is 0.803. The largest absolute Gasteiger partial charge is 0.293 e. The van der Waals surface area contributed by atoms with Crippen molar-refractivity contribution in [1.82, 2.24) is 9.59 Å². The third-order valence-corrected chi connectivity index (χ3v) is 3.81. The molecule has 1 heterocycles. The first-order chi connectivity index (χ1) is 9.29. The molecule has 20 heavy (non-hydrogen) atoms. The van der Waals surface area contributed by atoms with E-state index in [1.165, 1.54) is 18.2 Å². The lowest BCUT2D eigenvalue weighted by Gasteiger charge is -2.16. The number of carbonyl (C=O) groups excluding carboxylic acids is 1. The Hall–Kier alpha value is -1.33. The average Bonchev–Trinajstić information content (AvgIpc) is 2.82. The zero-order chi connectivity index (χ0) is 14.9. The molecule has 106 valence electrons. The highest BCUT2D eigenvalue weighted by Crippen LogP contribution is 2.27. The van der Waals surface area contributed by atoms with Crippen LogP contribution < -0.4 is 0 Å². The van der Waals surface area contributed by atoms with Crippen LogP contribution in [0.5, 0.6) is 0 Å². The average molecular weight is 313 g/mol. The second-order valence-corrected chi connectivity index (χ2v) is 6.73. The summed E-state index contributed by atoms with van der Waals surface area (Å²) in [5.74, 6) is -0.622. The van der Waals surface area contributed by atoms with Gasteiger partial charge in [-0.3, -0.25) is 4.79 Å². The summed E-state index contributed by atoms with van der Waals surface area (Å²) in [5.41, 5.74) is 0.663.